The summed E-state index contributed by atoms with van der Waals surface area (Å²) in [5, 5.41) is 0. The second-order valence-corrected chi connectivity index (χ2v) is 19.4. The van der Waals surface area contributed by atoms with Crippen molar-refractivity contribution in [1.82, 2.24) is 0 Å². The molecule has 3 heteroatoms. The van der Waals surface area contributed by atoms with Crippen LogP contribution in [0.3, 0.4) is 0 Å². The molecule has 6 aromatic carbocycles. The second-order valence-electron chi connectivity index (χ2n) is 8.95. The van der Waals surface area contributed by atoms with Crippen LogP contribution in [0.4, 0.5) is 0 Å². The summed E-state index contributed by atoms with van der Waals surface area (Å²) >= 11 is -3.26. The molecule has 0 fully saturated rings. The molecule has 0 bridgehead atoms. The molecular weight excluding hydrogens is 609 g/mol. The van der Waals surface area contributed by atoms with Crippen molar-refractivity contribution < 1.29 is 0 Å². The Bertz CT molecular complexity index is 1170. The van der Waals surface area contributed by atoms with Gasteiger partial charge in [-0.25, -0.2) is 0 Å². The van der Waals surface area contributed by atoms with Gasteiger partial charge in [-0.15, -0.1) is 0 Å². The molecular formula is C36H33Ge2P. The topological polar surface area (TPSA) is 0 Å². The van der Waals surface area contributed by atoms with E-state index in [0.29, 0.717) is 0 Å². The van der Waals surface area contributed by atoms with Crippen LogP contribution in [-0.4, -0.2) is 28.7 Å². The summed E-state index contributed by atoms with van der Waals surface area (Å²) in [6.45, 7) is 0. The fourth-order valence-corrected chi connectivity index (χ4v) is 15.4. The van der Waals surface area contributed by atoms with E-state index in [9.17, 15) is 0 Å². The van der Waals surface area contributed by atoms with E-state index < -0.39 is 28.7 Å². The average molecular weight is 642 g/mol. The summed E-state index contributed by atoms with van der Waals surface area (Å²) in [5.74, 6) is 0. The van der Waals surface area contributed by atoms with Crippen molar-refractivity contribution in [3.8, 4) is 0 Å². The van der Waals surface area contributed by atoms with E-state index in [1.165, 1.54) is 26.4 Å². The molecule has 0 N–H and O–H groups in total. The van der Waals surface area contributed by atoms with Crippen molar-refractivity contribution in [2.45, 2.75) is 0 Å². The first-order valence-corrected chi connectivity index (χ1v) is 19.3. The van der Waals surface area contributed by atoms with Crippen LogP contribution >= 0.6 is 9.90 Å². The standard InChI is InChI=1S/2C18H15Ge.H3P/c2*1-4-10-16(11-5-1)19(17-12-6-2-7-13-17)18-14-8-3-9-15-18;/h2*1-15H;1H3. The number of benzene rings is 6. The molecule has 6 aromatic rings. The van der Waals surface area contributed by atoms with Crippen molar-refractivity contribution >= 4 is 65.0 Å². The van der Waals surface area contributed by atoms with Gasteiger partial charge in [-0.05, 0) is 0 Å². The summed E-state index contributed by atoms with van der Waals surface area (Å²) in [6, 6.07) is 65.6. The van der Waals surface area contributed by atoms with Gasteiger partial charge in [0.1, 0.15) is 0 Å². The molecule has 0 aliphatic carbocycles. The van der Waals surface area contributed by atoms with Gasteiger partial charge in [0.05, 0.1) is 0 Å². The van der Waals surface area contributed by atoms with Crippen LogP contribution in [0, 0.1) is 0 Å². The molecule has 0 saturated heterocycles. The van der Waals surface area contributed by atoms with Crippen LogP contribution in [0.15, 0.2) is 182 Å². The molecule has 190 valence electrons. The van der Waals surface area contributed by atoms with Crippen molar-refractivity contribution in [3.05, 3.63) is 182 Å². The molecule has 0 heterocycles. The third-order valence-electron chi connectivity index (χ3n) is 6.37. The van der Waals surface area contributed by atoms with Gasteiger partial charge in [-0.3, -0.25) is 0 Å². The molecule has 0 amide bonds. The molecule has 6 rings (SSSR count). The number of rotatable bonds is 6. The van der Waals surface area contributed by atoms with Gasteiger partial charge in [-0.1, -0.05) is 0 Å². The normalized spacial score (nSPS) is 10.3. The Morgan fingerprint density at radius 3 is 0.462 bits per heavy atom. The molecule has 1 unspecified atom stereocenters. The number of hydrogen-bond acceptors (Lipinski definition) is 0. The predicted molar refractivity (Wildman–Crippen MR) is 179 cm³/mol. The summed E-state index contributed by atoms with van der Waals surface area (Å²) < 4.78 is 9.00. The van der Waals surface area contributed by atoms with E-state index in [2.05, 4.69) is 182 Å². The molecule has 1 atom stereocenters. The quantitative estimate of drug-likeness (QED) is 0.186. The average Bonchev–Trinajstić information content (AvgIpc) is 3.01. The zero-order valence-corrected chi connectivity index (χ0v) is 27.6. The first-order chi connectivity index (χ1) is 18.9. The Labute approximate surface area is 245 Å². The van der Waals surface area contributed by atoms with Crippen molar-refractivity contribution in [3.63, 3.8) is 0 Å². The Morgan fingerprint density at radius 2 is 0.333 bits per heavy atom. The van der Waals surface area contributed by atoms with Crippen LogP contribution in [0.1, 0.15) is 0 Å². The van der Waals surface area contributed by atoms with Gasteiger partial charge in [0.2, 0.25) is 0 Å². The second kappa shape index (κ2) is 15.4. The van der Waals surface area contributed by atoms with Gasteiger partial charge in [0.25, 0.3) is 0 Å². The predicted octanol–water partition coefficient (Wildman–Crippen LogP) is 4.46. The van der Waals surface area contributed by atoms with E-state index in [1.807, 2.05) is 0 Å². The van der Waals surface area contributed by atoms with Crippen molar-refractivity contribution in [2.24, 2.45) is 0 Å². The molecule has 0 aromatic heterocycles. The van der Waals surface area contributed by atoms with Gasteiger partial charge >= 0.3 is 237 Å². The van der Waals surface area contributed by atoms with E-state index in [4.69, 9.17) is 0 Å². The third kappa shape index (κ3) is 7.93. The van der Waals surface area contributed by atoms with Crippen molar-refractivity contribution in [2.75, 3.05) is 0 Å². The summed E-state index contributed by atoms with van der Waals surface area (Å²) in [6.07, 6.45) is 0. The third-order valence-corrected chi connectivity index (χ3v) is 17.8. The van der Waals surface area contributed by atoms with Crippen LogP contribution in [0.2, 0.25) is 0 Å². The first kappa shape index (κ1) is 28.8. The fraction of sp³-hybridized carbons (Fsp3) is 0. The van der Waals surface area contributed by atoms with Crippen LogP contribution in [-0.2, 0) is 0 Å². The Kier molecular flexibility index (Phi) is 11.4. The summed E-state index contributed by atoms with van der Waals surface area (Å²) in [4.78, 5) is 0. The van der Waals surface area contributed by atoms with Gasteiger partial charge in [0, 0.05) is 0 Å². The zero-order valence-electron chi connectivity index (χ0n) is 22.0. The van der Waals surface area contributed by atoms with Gasteiger partial charge in [0.15, 0.2) is 0 Å². The number of hydrogen-bond donors (Lipinski definition) is 0. The zero-order chi connectivity index (χ0) is 25.8. The minimum atomic E-state index is -1.63. The summed E-state index contributed by atoms with van der Waals surface area (Å²) in [7, 11) is 0. The van der Waals surface area contributed by atoms with E-state index in [1.54, 1.807) is 0 Å². The monoisotopic (exact) mass is 644 g/mol. The molecule has 0 spiro atoms. The minimum absolute atomic E-state index is 0. The van der Waals surface area contributed by atoms with Crippen LogP contribution in [0.5, 0.6) is 0 Å². The van der Waals surface area contributed by atoms with Gasteiger partial charge < -0.3 is 0 Å². The van der Waals surface area contributed by atoms with Gasteiger partial charge in [-0.2, -0.15) is 9.90 Å². The van der Waals surface area contributed by atoms with Crippen LogP contribution < -0.4 is 26.4 Å². The molecule has 0 aliphatic heterocycles. The molecule has 0 saturated carbocycles. The summed E-state index contributed by atoms with van der Waals surface area (Å²) in [5.41, 5.74) is 0. The molecule has 0 aliphatic rings. The molecule has 39 heavy (non-hydrogen) atoms. The SMILES string of the molecule is P.c1cc[c]([Ge]([c]2ccccc2)[c]2ccccc2)cc1.c1cc[c]([Ge]([c]2ccccc2)[c]2ccccc2)cc1. The van der Waals surface area contributed by atoms with E-state index in [-0.39, 0.29) is 9.90 Å². The maximum atomic E-state index is 2.27. The van der Waals surface area contributed by atoms with Crippen molar-refractivity contribution in [1.29, 1.82) is 0 Å². The molecule has 0 nitrogen and oxygen atoms in total. The fourth-order valence-electron chi connectivity index (χ4n) is 4.63. The van der Waals surface area contributed by atoms with Crippen LogP contribution in [0.25, 0.3) is 0 Å². The molecule has 2 radical (unpaired) electrons. The van der Waals surface area contributed by atoms with E-state index >= 15 is 0 Å². The Balaban J connectivity index is 0.000000176. The first-order valence-electron chi connectivity index (χ1n) is 13.0. The Morgan fingerprint density at radius 1 is 0.205 bits per heavy atom. The van der Waals surface area contributed by atoms with E-state index in [0.717, 1.165) is 0 Å². The maximum absolute atomic E-state index is 2.27. The Hall–Kier alpha value is -3.16.